The minimum Gasteiger partial charge on any atom is -0.447 e. The lowest BCUT2D eigenvalue weighted by atomic mass is 10.00. The predicted octanol–water partition coefficient (Wildman–Crippen LogP) is 4.43. The van der Waals surface area contributed by atoms with Crippen molar-refractivity contribution >= 4 is 12.0 Å². The first-order valence-corrected chi connectivity index (χ1v) is 15.4. The molecule has 11 heteroatoms. The zero-order valence-electron chi connectivity index (χ0n) is 26.4. The van der Waals surface area contributed by atoms with Gasteiger partial charge in [0, 0.05) is 26.3 Å². The zero-order chi connectivity index (χ0) is 32.3. The maximum absolute atomic E-state index is 14.0. The molecule has 4 N–H and O–H groups in total. The van der Waals surface area contributed by atoms with Crippen molar-refractivity contribution in [3.05, 3.63) is 70.8 Å². The van der Waals surface area contributed by atoms with E-state index in [2.05, 4.69) is 28.9 Å². The van der Waals surface area contributed by atoms with Crippen LogP contribution in [0.2, 0.25) is 0 Å². The number of alkyl carbamates (subject to hydrolysis) is 1. The quantitative estimate of drug-likeness (QED) is 0.152. The normalized spacial score (nSPS) is 13.4. The second-order valence-electron chi connectivity index (χ2n) is 10.8. The molecule has 2 aromatic rings. The van der Waals surface area contributed by atoms with Crippen LogP contribution in [-0.4, -0.2) is 74.9 Å². The van der Waals surface area contributed by atoms with E-state index in [9.17, 15) is 23.5 Å². The number of carbonyl (C=O) groups is 2. The summed E-state index contributed by atoms with van der Waals surface area (Å²) in [6.07, 6.45) is 2.14. The average Bonchev–Trinajstić information content (AvgIpc) is 2.98. The molecule has 0 aromatic heterocycles. The number of aliphatic hydroxyl groups is 1. The third-order valence-corrected chi connectivity index (χ3v) is 7.10. The molecule has 44 heavy (non-hydrogen) atoms. The molecule has 2 amide bonds. The number of carbonyl (C=O) groups excluding carboxylic acids is 2. The smallest absolute Gasteiger partial charge is 0.407 e. The molecule has 9 nitrogen and oxygen atoms in total. The maximum atomic E-state index is 14.0. The molecule has 0 heterocycles. The van der Waals surface area contributed by atoms with Gasteiger partial charge >= 0.3 is 6.09 Å². The fraction of sp³-hybridized carbons (Fsp3) is 0.576. The molecule has 0 radical (unpaired) electrons. The van der Waals surface area contributed by atoms with E-state index in [1.54, 1.807) is 0 Å². The molecule has 0 aliphatic carbocycles. The number of hydrogen-bond donors (Lipinski definition) is 4. The summed E-state index contributed by atoms with van der Waals surface area (Å²) in [5.74, 6) is -2.16. The van der Waals surface area contributed by atoms with Crippen molar-refractivity contribution in [2.24, 2.45) is 0 Å². The van der Waals surface area contributed by atoms with Crippen LogP contribution in [0.1, 0.15) is 63.1 Å². The van der Waals surface area contributed by atoms with Gasteiger partial charge in [-0.05, 0) is 54.5 Å². The SMILES string of the molecule is CCCC(CCC)OCC(NC(=O)OCCOC)C(=O)N[C@@H](Cc1cc(F)cc(F)c1)[C@H](O)CNCc1cccc(CC)c1. The van der Waals surface area contributed by atoms with Crippen LogP contribution in [0.25, 0.3) is 0 Å². The Kier molecular flexibility index (Phi) is 17.5. The minimum atomic E-state index is -1.15. The molecule has 3 atom stereocenters. The first kappa shape index (κ1) is 37.1. The summed E-state index contributed by atoms with van der Waals surface area (Å²) < 4.78 is 44.0. The third-order valence-electron chi connectivity index (χ3n) is 7.10. The van der Waals surface area contributed by atoms with E-state index in [0.717, 1.165) is 55.9 Å². The fourth-order valence-electron chi connectivity index (χ4n) is 4.79. The van der Waals surface area contributed by atoms with Crippen molar-refractivity contribution in [2.75, 3.05) is 33.5 Å². The number of aliphatic hydroxyl groups excluding tert-OH is 1. The summed E-state index contributed by atoms with van der Waals surface area (Å²) in [4.78, 5) is 26.0. The second-order valence-corrected chi connectivity index (χ2v) is 10.8. The number of aryl methyl sites for hydroxylation is 1. The standard InChI is InChI=1S/C33H49F2N3O6/c1-5-9-28(10-6-2)44-22-30(38-33(41)43-14-13-42-4)32(40)37-29(18-25-16-26(34)19-27(35)17-25)31(39)21-36-20-24-12-8-11-23(7-3)15-24/h8,11-12,15-17,19,28-31,36,39H,5-7,9-10,13-14,18,20-22H2,1-4H3,(H,37,40)(H,38,41)/t29-,30?,31+/m0/s1. The van der Waals surface area contributed by atoms with Crippen molar-refractivity contribution in [1.82, 2.24) is 16.0 Å². The maximum Gasteiger partial charge on any atom is 0.407 e. The van der Waals surface area contributed by atoms with Gasteiger partial charge in [-0.1, -0.05) is 57.9 Å². The number of nitrogens with one attached hydrogen (secondary N) is 3. The van der Waals surface area contributed by atoms with E-state index in [-0.39, 0.29) is 44.5 Å². The van der Waals surface area contributed by atoms with Gasteiger partial charge in [-0.2, -0.15) is 0 Å². The third kappa shape index (κ3) is 14.1. The van der Waals surface area contributed by atoms with Gasteiger partial charge in [-0.15, -0.1) is 0 Å². The number of ether oxygens (including phenoxy) is 3. The number of amides is 2. The van der Waals surface area contributed by atoms with E-state index < -0.39 is 41.8 Å². The fourth-order valence-corrected chi connectivity index (χ4v) is 4.79. The zero-order valence-corrected chi connectivity index (χ0v) is 26.4. The van der Waals surface area contributed by atoms with Crippen molar-refractivity contribution in [1.29, 1.82) is 0 Å². The van der Waals surface area contributed by atoms with Crippen LogP contribution in [-0.2, 0) is 38.4 Å². The van der Waals surface area contributed by atoms with Crippen LogP contribution in [0.15, 0.2) is 42.5 Å². The molecule has 0 fully saturated rings. The topological polar surface area (TPSA) is 118 Å². The highest BCUT2D eigenvalue weighted by molar-refractivity contribution is 5.86. The summed E-state index contributed by atoms with van der Waals surface area (Å²) in [7, 11) is 1.47. The lowest BCUT2D eigenvalue weighted by Gasteiger charge is -2.28. The summed E-state index contributed by atoms with van der Waals surface area (Å²) in [5.41, 5.74) is 2.48. The summed E-state index contributed by atoms with van der Waals surface area (Å²) >= 11 is 0. The van der Waals surface area contributed by atoms with Crippen molar-refractivity contribution < 1.29 is 37.7 Å². The monoisotopic (exact) mass is 621 g/mol. The molecule has 0 saturated heterocycles. The number of rotatable bonds is 21. The van der Waals surface area contributed by atoms with Crippen LogP contribution in [0.3, 0.4) is 0 Å². The lowest BCUT2D eigenvalue weighted by molar-refractivity contribution is -0.127. The molecular weight excluding hydrogens is 572 g/mol. The van der Waals surface area contributed by atoms with Gasteiger partial charge in [0.2, 0.25) is 5.91 Å². The lowest BCUT2D eigenvalue weighted by Crippen LogP contribution is -2.56. The Morgan fingerprint density at radius 3 is 2.23 bits per heavy atom. The van der Waals surface area contributed by atoms with Gasteiger partial charge in [-0.25, -0.2) is 13.6 Å². The van der Waals surface area contributed by atoms with E-state index >= 15 is 0 Å². The molecule has 0 saturated carbocycles. The number of benzene rings is 2. The highest BCUT2D eigenvalue weighted by Crippen LogP contribution is 2.14. The van der Waals surface area contributed by atoms with Crippen LogP contribution in [0, 0.1) is 11.6 Å². The Morgan fingerprint density at radius 1 is 0.909 bits per heavy atom. The largest absolute Gasteiger partial charge is 0.447 e. The highest BCUT2D eigenvalue weighted by Gasteiger charge is 2.29. The summed E-state index contributed by atoms with van der Waals surface area (Å²) in [5, 5.41) is 19.7. The Morgan fingerprint density at radius 2 is 1.59 bits per heavy atom. The number of halogens is 2. The van der Waals surface area contributed by atoms with E-state index in [1.165, 1.54) is 12.7 Å². The molecule has 2 rings (SSSR count). The minimum absolute atomic E-state index is 0.00880. The van der Waals surface area contributed by atoms with Crippen LogP contribution >= 0.6 is 0 Å². The number of hydrogen-bond acceptors (Lipinski definition) is 7. The second kappa shape index (κ2) is 20.8. The van der Waals surface area contributed by atoms with Gasteiger partial charge in [0.25, 0.3) is 0 Å². The van der Waals surface area contributed by atoms with Crippen LogP contribution < -0.4 is 16.0 Å². The van der Waals surface area contributed by atoms with Gasteiger partial charge in [0.15, 0.2) is 0 Å². The molecule has 1 unspecified atom stereocenters. The van der Waals surface area contributed by atoms with E-state index in [1.807, 2.05) is 32.0 Å². The molecule has 246 valence electrons. The predicted molar refractivity (Wildman–Crippen MR) is 165 cm³/mol. The molecular formula is C33H49F2N3O6. The highest BCUT2D eigenvalue weighted by atomic mass is 19.1. The summed E-state index contributed by atoms with van der Waals surface area (Å²) in [6, 6.07) is 9.02. The molecule has 2 aromatic carbocycles. The van der Waals surface area contributed by atoms with Crippen LogP contribution in [0.5, 0.6) is 0 Å². The van der Waals surface area contributed by atoms with Gasteiger partial charge < -0.3 is 35.3 Å². The van der Waals surface area contributed by atoms with E-state index in [0.29, 0.717) is 6.54 Å². The Hall–Kier alpha value is -3.12. The molecule has 0 aliphatic rings. The van der Waals surface area contributed by atoms with Crippen molar-refractivity contribution in [3.8, 4) is 0 Å². The van der Waals surface area contributed by atoms with Gasteiger partial charge in [0.1, 0.15) is 24.3 Å². The first-order chi connectivity index (χ1) is 21.2. The Balaban J connectivity index is 2.21. The van der Waals surface area contributed by atoms with Gasteiger partial charge in [0.05, 0.1) is 31.5 Å². The van der Waals surface area contributed by atoms with E-state index in [4.69, 9.17) is 14.2 Å². The average molecular weight is 622 g/mol. The van der Waals surface area contributed by atoms with Crippen molar-refractivity contribution in [2.45, 2.75) is 90.1 Å². The first-order valence-electron chi connectivity index (χ1n) is 15.4. The summed E-state index contributed by atoms with van der Waals surface area (Å²) in [6.45, 7) is 6.76. The Bertz CT molecular complexity index is 1110. The molecule has 0 aliphatic heterocycles. The number of methoxy groups -OCH3 is 1. The van der Waals surface area contributed by atoms with Crippen LogP contribution in [0.4, 0.5) is 13.6 Å². The molecule has 0 bridgehead atoms. The van der Waals surface area contributed by atoms with Crippen molar-refractivity contribution in [3.63, 3.8) is 0 Å². The molecule has 0 spiro atoms. The van der Waals surface area contributed by atoms with Gasteiger partial charge in [-0.3, -0.25) is 4.79 Å². The Labute approximate surface area is 260 Å².